The van der Waals surface area contributed by atoms with Gasteiger partial charge in [0.15, 0.2) is 0 Å². The summed E-state index contributed by atoms with van der Waals surface area (Å²) in [6, 6.07) is 9.97. The van der Waals surface area contributed by atoms with E-state index in [1.807, 2.05) is 60.7 Å². The molecular formula is C21H29N5O2. The van der Waals surface area contributed by atoms with Crippen molar-refractivity contribution in [2.24, 2.45) is 0 Å². The molecule has 1 N–H and O–H groups in total. The van der Waals surface area contributed by atoms with Crippen LogP contribution in [-0.2, 0) is 16.0 Å². The van der Waals surface area contributed by atoms with Gasteiger partial charge >= 0.3 is 0 Å². The lowest BCUT2D eigenvalue weighted by Gasteiger charge is -2.34. The molecule has 0 spiro atoms. The molecule has 7 nitrogen and oxygen atoms in total. The van der Waals surface area contributed by atoms with Gasteiger partial charge < -0.3 is 10.2 Å². The number of aromatic nitrogens is 2. The molecule has 150 valence electrons. The van der Waals surface area contributed by atoms with Gasteiger partial charge in [-0.2, -0.15) is 5.10 Å². The molecule has 0 bridgehead atoms. The number of rotatable bonds is 6. The summed E-state index contributed by atoms with van der Waals surface area (Å²) in [5.41, 5.74) is 3.90. The fourth-order valence-corrected chi connectivity index (χ4v) is 3.63. The van der Waals surface area contributed by atoms with Crippen LogP contribution in [0.25, 0.3) is 5.69 Å². The van der Waals surface area contributed by atoms with E-state index in [-0.39, 0.29) is 11.8 Å². The summed E-state index contributed by atoms with van der Waals surface area (Å²) in [7, 11) is 0. The van der Waals surface area contributed by atoms with Gasteiger partial charge in [0.25, 0.3) is 0 Å². The minimum Gasteiger partial charge on any atom is -0.355 e. The highest BCUT2D eigenvalue weighted by molar-refractivity contribution is 5.80. The minimum atomic E-state index is 0.0434. The van der Waals surface area contributed by atoms with Gasteiger partial charge in [0.05, 0.1) is 24.3 Å². The second kappa shape index (κ2) is 9.01. The first-order valence-corrected chi connectivity index (χ1v) is 9.87. The van der Waals surface area contributed by atoms with Crippen molar-refractivity contribution in [2.45, 2.75) is 27.2 Å². The van der Waals surface area contributed by atoms with E-state index in [1.54, 1.807) is 0 Å². The van der Waals surface area contributed by atoms with Crippen LogP contribution in [0.3, 0.4) is 0 Å². The van der Waals surface area contributed by atoms with E-state index < -0.39 is 0 Å². The van der Waals surface area contributed by atoms with Crippen molar-refractivity contribution in [1.82, 2.24) is 24.9 Å². The summed E-state index contributed by atoms with van der Waals surface area (Å²) in [6.07, 6.45) is 0.362. The molecule has 2 amide bonds. The average molecular weight is 383 g/mol. The summed E-state index contributed by atoms with van der Waals surface area (Å²) in [5.74, 6) is 0.165. The second-order valence-electron chi connectivity index (χ2n) is 7.18. The summed E-state index contributed by atoms with van der Waals surface area (Å²) < 4.78 is 1.90. The average Bonchev–Trinajstić information content (AvgIpc) is 2.97. The van der Waals surface area contributed by atoms with Gasteiger partial charge in [0.2, 0.25) is 11.8 Å². The maximum atomic E-state index is 12.8. The van der Waals surface area contributed by atoms with E-state index in [1.165, 1.54) is 0 Å². The Hall–Kier alpha value is -2.67. The summed E-state index contributed by atoms with van der Waals surface area (Å²) in [6.45, 7) is 9.70. The predicted molar refractivity (Wildman–Crippen MR) is 108 cm³/mol. The standard InChI is InChI=1S/C21H29N5O2/c1-4-22-20(27)15-24-10-12-25(13-11-24)21(28)14-19-16(2)23-26(17(19)3)18-8-6-5-7-9-18/h5-9H,4,10-15H2,1-3H3,(H,22,27). The number of hydrogen-bond acceptors (Lipinski definition) is 4. The van der Waals surface area contributed by atoms with Crippen LogP contribution in [-0.4, -0.2) is 70.7 Å². The Kier molecular flexibility index (Phi) is 6.46. The maximum absolute atomic E-state index is 12.8. The molecule has 3 rings (SSSR count). The van der Waals surface area contributed by atoms with Crippen molar-refractivity contribution in [3.8, 4) is 5.69 Å². The van der Waals surface area contributed by atoms with E-state index in [9.17, 15) is 9.59 Å². The molecule has 1 aromatic carbocycles. The Bertz CT molecular complexity index is 823. The zero-order chi connectivity index (χ0) is 20.1. The molecule has 0 saturated carbocycles. The minimum absolute atomic E-state index is 0.0434. The van der Waals surface area contributed by atoms with E-state index in [4.69, 9.17) is 0 Å². The van der Waals surface area contributed by atoms with Gasteiger partial charge in [-0.25, -0.2) is 4.68 Å². The molecule has 7 heteroatoms. The van der Waals surface area contributed by atoms with Gasteiger partial charge in [-0.1, -0.05) is 18.2 Å². The van der Waals surface area contributed by atoms with Crippen molar-refractivity contribution < 1.29 is 9.59 Å². The van der Waals surface area contributed by atoms with E-state index >= 15 is 0 Å². The molecule has 0 aliphatic carbocycles. The molecule has 1 fully saturated rings. The van der Waals surface area contributed by atoms with E-state index in [0.717, 1.165) is 35.7 Å². The third kappa shape index (κ3) is 4.59. The van der Waals surface area contributed by atoms with Crippen LogP contribution >= 0.6 is 0 Å². The van der Waals surface area contributed by atoms with Crippen LogP contribution in [0.1, 0.15) is 23.9 Å². The molecule has 0 radical (unpaired) electrons. The highest BCUT2D eigenvalue weighted by Crippen LogP contribution is 2.19. The van der Waals surface area contributed by atoms with Crippen molar-refractivity contribution in [2.75, 3.05) is 39.3 Å². The fourth-order valence-electron chi connectivity index (χ4n) is 3.63. The van der Waals surface area contributed by atoms with Crippen LogP contribution in [0, 0.1) is 13.8 Å². The fraction of sp³-hybridized carbons (Fsp3) is 0.476. The second-order valence-corrected chi connectivity index (χ2v) is 7.18. The van der Waals surface area contributed by atoms with Crippen molar-refractivity contribution in [3.05, 3.63) is 47.3 Å². The summed E-state index contributed by atoms with van der Waals surface area (Å²) >= 11 is 0. The Morgan fingerprint density at radius 3 is 2.39 bits per heavy atom. The lowest BCUT2D eigenvalue weighted by Crippen LogP contribution is -2.51. The molecule has 1 saturated heterocycles. The van der Waals surface area contributed by atoms with Crippen LogP contribution in [0.4, 0.5) is 0 Å². The van der Waals surface area contributed by atoms with Crippen molar-refractivity contribution >= 4 is 11.8 Å². The lowest BCUT2D eigenvalue weighted by molar-refractivity contribution is -0.132. The highest BCUT2D eigenvalue weighted by Gasteiger charge is 2.24. The number of carbonyl (C=O) groups excluding carboxylic acids is 2. The Morgan fingerprint density at radius 2 is 1.75 bits per heavy atom. The maximum Gasteiger partial charge on any atom is 0.234 e. The number of para-hydroxylation sites is 1. The van der Waals surface area contributed by atoms with Crippen LogP contribution in [0.2, 0.25) is 0 Å². The van der Waals surface area contributed by atoms with Gasteiger partial charge in [0.1, 0.15) is 0 Å². The van der Waals surface area contributed by atoms with Crippen LogP contribution in [0.5, 0.6) is 0 Å². The van der Waals surface area contributed by atoms with Gasteiger partial charge in [-0.15, -0.1) is 0 Å². The third-order valence-electron chi connectivity index (χ3n) is 5.24. The summed E-state index contributed by atoms with van der Waals surface area (Å²) in [5, 5.41) is 7.45. The topological polar surface area (TPSA) is 70.5 Å². The molecule has 2 aromatic rings. The number of benzene rings is 1. The van der Waals surface area contributed by atoms with Crippen LogP contribution in [0.15, 0.2) is 30.3 Å². The smallest absolute Gasteiger partial charge is 0.234 e. The highest BCUT2D eigenvalue weighted by atomic mass is 16.2. The number of piperazine rings is 1. The Balaban J connectivity index is 1.60. The summed E-state index contributed by atoms with van der Waals surface area (Å²) in [4.78, 5) is 28.6. The molecule has 0 unspecified atom stereocenters. The van der Waals surface area contributed by atoms with Gasteiger partial charge in [-0.05, 0) is 32.9 Å². The predicted octanol–water partition coefficient (Wildman–Crippen LogP) is 1.31. The molecule has 1 aliphatic heterocycles. The number of nitrogens with zero attached hydrogens (tertiary/aromatic N) is 4. The Labute approximate surface area is 166 Å². The first-order valence-electron chi connectivity index (χ1n) is 9.87. The van der Waals surface area contributed by atoms with Gasteiger partial charge in [0, 0.05) is 44.0 Å². The molecule has 28 heavy (non-hydrogen) atoms. The number of hydrogen-bond donors (Lipinski definition) is 1. The Morgan fingerprint density at radius 1 is 1.07 bits per heavy atom. The monoisotopic (exact) mass is 383 g/mol. The molecular weight excluding hydrogens is 354 g/mol. The van der Waals surface area contributed by atoms with Crippen LogP contribution < -0.4 is 5.32 Å². The molecule has 0 atom stereocenters. The first-order chi connectivity index (χ1) is 13.5. The first kappa shape index (κ1) is 20.1. The van der Waals surface area contributed by atoms with Gasteiger partial charge in [-0.3, -0.25) is 14.5 Å². The SMILES string of the molecule is CCNC(=O)CN1CCN(C(=O)Cc2c(C)nn(-c3ccccc3)c2C)CC1. The number of aryl methyl sites for hydroxylation is 1. The number of carbonyl (C=O) groups is 2. The largest absolute Gasteiger partial charge is 0.355 e. The molecule has 1 aliphatic rings. The third-order valence-corrected chi connectivity index (χ3v) is 5.24. The molecule has 1 aromatic heterocycles. The normalized spacial score (nSPS) is 14.9. The quantitative estimate of drug-likeness (QED) is 0.817. The van der Waals surface area contributed by atoms with Crippen molar-refractivity contribution in [3.63, 3.8) is 0 Å². The van der Waals surface area contributed by atoms with E-state index in [2.05, 4.69) is 15.3 Å². The number of nitrogens with one attached hydrogen (secondary N) is 1. The zero-order valence-corrected chi connectivity index (χ0v) is 16.9. The van der Waals surface area contributed by atoms with E-state index in [0.29, 0.717) is 32.6 Å². The number of likely N-dealkylation sites (N-methyl/N-ethyl adjacent to an activating group) is 1. The van der Waals surface area contributed by atoms with Crippen molar-refractivity contribution in [1.29, 1.82) is 0 Å². The lowest BCUT2D eigenvalue weighted by atomic mass is 10.1. The number of amides is 2. The molecule has 2 heterocycles. The zero-order valence-electron chi connectivity index (χ0n) is 16.9.